The van der Waals surface area contributed by atoms with Crippen molar-refractivity contribution in [2.45, 2.75) is 39.7 Å². The Bertz CT molecular complexity index is 502. The molecule has 4 nitrogen and oxygen atoms in total. The van der Waals surface area contributed by atoms with Gasteiger partial charge in [-0.25, -0.2) is 0 Å². The maximum Gasteiger partial charge on any atom is 0.241 e. The molecule has 4 heteroatoms. The van der Waals surface area contributed by atoms with Crippen molar-refractivity contribution in [2.24, 2.45) is 5.92 Å². The molecule has 0 aliphatic carbocycles. The molecule has 1 fully saturated rings. The van der Waals surface area contributed by atoms with Crippen molar-refractivity contribution in [1.29, 1.82) is 0 Å². The maximum absolute atomic E-state index is 12.4. The molecule has 0 aromatic heterocycles. The van der Waals surface area contributed by atoms with Gasteiger partial charge >= 0.3 is 0 Å². The van der Waals surface area contributed by atoms with Gasteiger partial charge in [-0.1, -0.05) is 6.07 Å². The van der Waals surface area contributed by atoms with E-state index in [1.165, 1.54) is 11.1 Å². The molecule has 0 bridgehead atoms. The second-order valence-electron chi connectivity index (χ2n) is 6.15. The zero-order chi connectivity index (χ0) is 15.4. The fourth-order valence-corrected chi connectivity index (χ4v) is 2.83. The van der Waals surface area contributed by atoms with Crippen molar-refractivity contribution in [3.05, 3.63) is 29.3 Å². The monoisotopic (exact) mass is 290 g/mol. The van der Waals surface area contributed by atoms with Crippen LogP contribution < -0.4 is 5.32 Å². The molecule has 0 saturated carbocycles. The summed E-state index contributed by atoms with van der Waals surface area (Å²) in [7, 11) is 0. The fourth-order valence-electron chi connectivity index (χ4n) is 2.83. The number of amides is 1. The van der Waals surface area contributed by atoms with Gasteiger partial charge in [0.25, 0.3) is 0 Å². The van der Waals surface area contributed by atoms with Crippen molar-refractivity contribution in [2.75, 3.05) is 25.0 Å². The molecule has 116 valence electrons. The largest absolute Gasteiger partial charge is 0.396 e. The number of hydrogen-bond donors (Lipinski definition) is 2. The van der Waals surface area contributed by atoms with E-state index in [9.17, 15) is 9.90 Å². The highest BCUT2D eigenvalue weighted by atomic mass is 16.3. The van der Waals surface area contributed by atoms with Gasteiger partial charge in [0.1, 0.15) is 0 Å². The molecule has 0 radical (unpaired) electrons. The molecular formula is C17H26N2O2. The van der Waals surface area contributed by atoms with Crippen LogP contribution in [0.15, 0.2) is 18.2 Å². The minimum atomic E-state index is -0.166. The van der Waals surface area contributed by atoms with E-state index in [0.29, 0.717) is 5.92 Å². The molecular weight excluding hydrogens is 264 g/mol. The lowest BCUT2D eigenvalue weighted by atomic mass is 9.97. The van der Waals surface area contributed by atoms with Crippen LogP contribution in [0.4, 0.5) is 5.69 Å². The Morgan fingerprint density at radius 2 is 2.19 bits per heavy atom. The van der Waals surface area contributed by atoms with Gasteiger partial charge in [-0.05, 0) is 69.3 Å². The van der Waals surface area contributed by atoms with Crippen LogP contribution in [0.2, 0.25) is 0 Å². The number of aliphatic hydroxyl groups is 1. The lowest BCUT2D eigenvalue weighted by molar-refractivity contribution is -0.121. The van der Waals surface area contributed by atoms with E-state index in [4.69, 9.17) is 0 Å². The molecule has 1 aliphatic rings. The lowest BCUT2D eigenvalue weighted by Crippen LogP contribution is -2.47. The second kappa shape index (κ2) is 7.05. The molecule has 2 rings (SSSR count). The van der Waals surface area contributed by atoms with Gasteiger partial charge in [0, 0.05) is 18.8 Å². The van der Waals surface area contributed by atoms with Crippen LogP contribution in [-0.2, 0) is 4.79 Å². The third-order valence-electron chi connectivity index (χ3n) is 4.51. The number of likely N-dealkylation sites (tertiary alicyclic amines) is 1. The standard InChI is InChI=1S/C17H26N2O2/c1-12-6-7-16(9-13(12)2)18-17(21)14(3)19-8-4-5-15(10-19)11-20/h6-7,9,14-15,20H,4-5,8,10-11H2,1-3H3,(H,18,21). The molecule has 1 aromatic rings. The molecule has 2 N–H and O–H groups in total. The highest BCUT2D eigenvalue weighted by Crippen LogP contribution is 2.19. The van der Waals surface area contributed by atoms with Crippen LogP contribution in [0.1, 0.15) is 30.9 Å². The summed E-state index contributed by atoms with van der Waals surface area (Å²) >= 11 is 0. The van der Waals surface area contributed by atoms with Crippen LogP contribution in [0, 0.1) is 19.8 Å². The number of rotatable bonds is 4. The van der Waals surface area contributed by atoms with E-state index in [2.05, 4.69) is 17.1 Å². The number of benzene rings is 1. The number of hydrogen-bond acceptors (Lipinski definition) is 3. The third-order valence-corrected chi connectivity index (χ3v) is 4.51. The third kappa shape index (κ3) is 4.05. The van der Waals surface area contributed by atoms with Crippen LogP contribution in [0.3, 0.4) is 0 Å². The Morgan fingerprint density at radius 1 is 1.43 bits per heavy atom. The SMILES string of the molecule is Cc1ccc(NC(=O)C(C)N2CCCC(CO)C2)cc1C. The van der Waals surface area contributed by atoms with Crippen molar-refractivity contribution in [3.8, 4) is 0 Å². The number of aryl methyl sites for hydroxylation is 2. The van der Waals surface area contributed by atoms with Crippen molar-refractivity contribution in [1.82, 2.24) is 4.90 Å². The minimum absolute atomic E-state index is 0.0249. The molecule has 2 atom stereocenters. The van der Waals surface area contributed by atoms with E-state index in [1.54, 1.807) is 0 Å². The van der Waals surface area contributed by atoms with Crippen LogP contribution in [0.25, 0.3) is 0 Å². The van der Waals surface area contributed by atoms with Crippen molar-refractivity contribution in [3.63, 3.8) is 0 Å². The summed E-state index contributed by atoms with van der Waals surface area (Å²) in [5.74, 6) is 0.326. The average Bonchev–Trinajstić information content (AvgIpc) is 2.50. The average molecular weight is 290 g/mol. The smallest absolute Gasteiger partial charge is 0.241 e. The number of carbonyl (C=O) groups is 1. The molecule has 21 heavy (non-hydrogen) atoms. The zero-order valence-electron chi connectivity index (χ0n) is 13.2. The van der Waals surface area contributed by atoms with E-state index >= 15 is 0 Å². The fraction of sp³-hybridized carbons (Fsp3) is 0.588. The summed E-state index contributed by atoms with van der Waals surface area (Å²) in [6.45, 7) is 7.99. The van der Waals surface area contributed by atoms with Gasteiger partial charge in [-0.3, -0.25) is 9.69 Å². The van der Waals surface area contributed by atoms with E-state index in [1.807, 2.05) is 32.0 Å². The molecule has 1 heterocycles. The molecule has 1 amide bonds. The van der Waals surface area contributed by atoms with Gasteiger partial charge in [-0.15, -0.1) is 0 Å². The first-order chi connectivity index (χ1) is 10.0. The first kappa shape index (κ1) is 16.0. The highest BCUT2D eigenvalue weighted by molar-refractivity contribution is 5.94. The number of piperidine rings is 1. The zero-order valence-corrected chi connectivity index (χ0v) is 13.2. The Balaban J connectivity index is 1.97. The van der Waals surface area contributed by atoms with Gasteiger partial charge in [0.2, 0.25) is 5.91 Å². The highest BCUT2D eigenvalue weighted by Gasteiger charge is 2.27. The molecule has 0 spiro atoms. The summed E-state index contributed by atoms with van der Waals surface area (Å²) in [6, 6.07) is 5.81. The first-order valence-corrected chi connectivity index (χ1v) is 7.74. The lowest BCUT2D eigenvalue weighted by Gasteiger charge is -2.35. The summed E-state index contributed by atoms with van der Waals surface area (Å²) in [5, 5.41) is 12.3. The Morgan fingerprint density at radius 3 is 2.86 bits per heavy atom. The predicted molar refractivity (Wildman–Crippen MR) is 85.4 cm³/mol. The Kier molecular flexibility index (Phi) is 5.37. The normalized spacial score (nSPS) is 21.0. The van der Waals surface area contributed by atoms with Gasteiger partial charge < -0.3 is 10.4 Å². The number of aliphatic hydroxyl groups excluding tert-OH is 1. The van der Waals surface area contributed by atoms with Gasteiger partial charge in [0.15, 0.2) is 0 Å². The number of nitrogens with one attached hydrogen (secondary N) is 1. The molecule has 1 saturated heterocycles. The summed E-state index contributed by atoms with van der Waals surface area (Å²) < 4.78 is 0. The minimum Gasteiger partial charge on any atom is -0.396 e. The molecule has 1 aromatic carbocycles. The van der Waals surface area contributed by atoms with E-state index < -0.39 is 0 Å². The Hall–Kier alpha value is -1.39. The summed E-state index contributed by atoms with van der Waals surface area (Å²) in [6.07, 6.45) is 2.10. The van der Waals surface area contributed by atoms with Crippen LogP contribution >= 0.6 is 0 Å². The topological polar surface area (TPSA) is 52.6 Å². The quantitative estimate of drug-likeness (QED) is 0.895. The van der Waals surface area contributed by atoms with Crippen molar-refractivity contribution < 1.29 is 9.90 Å². The summed E-state index contributed by atoms with van der Waals surface area (Å²) in [5.41, 5.74) is 3.26. The molecule has 1 aliphatic heterocycles. The maximum atomic E-state index is 12.4. The Labute approximate surface area is 127 Å². The van der Waals surface area contributed by atoms with Gasteiger partial charge in [-0.2, -0.15) is 0 Å². The van der Waals surface area contributed by atoms with Crippen molar-refractivity contribution >= 4 is 11.6 Å². The number of carbonyl (C=O) groups excluding carboxylic acids is 1. The van der Waals surface area contributed by atoms with Crippen LogP contribution in [-0.4, -0.2) is 41.7 Å². The van der Waals surface area contributed by atoms with E-state index in [0.717, 1.165) is 31.6 Å². The predicted octanol–water partition coefficient (Wildman–Crippen LogP) is 2.33. The first-order valence-electron chi connectivity index (χ1n) is 7.74. The van der Waals surface area contributed by atoms with E-state index in [-0.39, 0.29) is 18.6 Å². The second-order valence-corrected chi connectivity index (χ2v) is 6.15. The number of nitrogens with zero attached hydrogens (tertiary/aromatic N) is 1. The van der Waals surface area contributed by atoms with Crippen LogP contribution in [0.5, 0.6) is 0 Å². The summed E-state index contributed by atoms with van der Waals surface area (Å²) in [4.78, 5) is 14.6. The van der Waals surface area contributed by atoms with Gasteiger partial charge in [0.05, 0.1) is 6.04 Å². The number of anilines is 1. The molecule has 2 unspecified atom stereocenters.